The van der Waals surface area contributed by atoms with Gasteiger partial charge in [0.2, 0.25) is 5.89 Å². The third kappa shape index (κ3) is 3.84. The molecule has 1 aromatic carbocycles. The summed E-state index contributed by atoms with van der Waals surface area (Å²) in [4.78, 5) is 17.9. The fourth-order valence-corrected chi connectivity index (χ4v) is 3.56. The molecule has 136 valence electrons. The van der Waals surface area contributed by atoms with Gasteiger partial charge in [0, 0.05) is 10.4 Å². The lowest BCUT2D eigenvalue weighted by Crippen LogP contribution is -2.08. The van der Waals surface area contributed by atoms with Gasteiger partial charge in [-0.3, -0.25) is 4.79 Å². The van der Waals surface area contributed by atoms with E-state index in [4.69, 9.17) is 9.15 Å². The van der Waals surface area contributed by atoms with Gasteiger partial charge in [-0.2, -0.15) is 0 Å². The maximum absolute atomic E-state index is 13.2. The van der Waals surface area contributed by atoms with E-state index in [1.807, 2.05) is 13.0 Å². The average molecular weight is 375 g/mol. The molecule has 0 aliphatic heterocycles. The largest absolute Gasteiger partial charge is 0.466 e. The van der Waals surface area contributed by atoms with Crippen LogP contribution in [0.15, 0.2) is 34.7 Å². The van der Waals surface area contributed by atoms with Gasteiger partial charge in [-0.15, -0.1) is 11.3 Å². The second kappa shape index (κ2) is 7.80. The smallest absolute Gasteiger partial charge is 0.312 e. The molecule has 0 atom stereocenters. The number of benzene rings is 1. The Morgan fingerprint density at radius 1 is 1.35 bits per heavy atom. The highest BCUT2D eigenvalue weighted by molar-refractivity contribution is 7.15. The monoisotopic (exact) mass is 375 g/mol. The normalized spacial score (nSPS) is 10.9. The number of rotatable bonds is 6. The highest BCUT2D eigenvalue weighted by Gasteiger charge is 2.21. The number of hydrogen-bond donors (Lipinski definition) is 1. The lowest BCUT2D eigenvalue weighted by Gasteiger charge is -2.00. The summed E-state index contributed by atoms with van der Waals surface area (Å²) in [6.07, 6.45) is -0.0285. The summed E-state index contributed by atoms with van der Waals surface area (Å²) in [5.74, 6) is 0.0122. The average Bonchev–Trinajstić information content (AvgIpc) is 3.19. The molecule has 3 aromatic rings. The Morgan fingerprint density at radius 2 is 2.08 bits per heavy atom. The van der Waals surface area contributed by atoms with Crippen LogP contribution >= 0.6 is 11.3 Å². The summed E-state index contributed by atoms with van der Waals surface area (Å²) >= 11 is 1.38. The predicted octanol–water partition coefficient (Wildman–Crippen LogP) is 4.12. The van der Waals surface area contributed by atoms with Crippen molar-refractivity contribution in [2.45, 2.75) is 26.9 Å². The number of aryl methyl sites for hydroxylation is 1. The molecule has 0 unspecified atom stereocenters. The molecule has 7 heteroatoms. The lowest BCUT2D eigenvalue weighted by atomic mass is 10.2. The van der Waals surface area contributed by atoms with E-state index in [0.717, 1.165) is 15.3 Å². The third-order valence-electron chi connectivity index (χ3n) is 3.79. The molecule has 26 heavy (non-hydrogen) atoms. The van der Waals surface area contributed by atoms with Gasteiger partial charge < -0.3 is 14.3 Å². The molecule has 0 aliphatic carbocycles. The van der Waals surface area contributed by atoms with Crippen molar-refractivity contribution in [1.82, 2.24) is 4.98 Å². The summed E-state index contributed by atoms with van der Waals surface area (Å²) in [5, 5.41) is 9.43. The van der Waals surface area contributed by atoms with Crippen molar-refractivity contribution in [2.24, 2.45) is 0 Å². The predicted molar refractivity (Wildman–Crippen MR) is 96.2 cm³/mol. The summed E-state index contributed by atoms with van der Waals surface area (Å²) in [7, 11) is 0. The van der Waals surface area contributed by atoms with E-state index in [1.54, 1.807) is 19.1 Å². The number of aromatic nitrogens is 1. The number of halogens is 1. The van der Waals surface area contributed by atoms with Crippen LogP contribution < -0.4 is 0 Å². The summed E-state index contributed by atoms with van der Waals surface area (Å²) < 4.78 is 24.1. The number of oxazole rings is 1. The molecular formula is C19H18FNO4S. The van der Waals surface area contributed by atoms with Crippen molar-refractivity contribution in [2.75, 3.05) is 6.61 Å². The molecule has 0 amide bonds. The van der Waals surface area contributed by atoms with Gasteiger partial charge >= 0.3 is 5.97 Å². The Hall–Kier alpha value is -2.51. The van der Waals surface area contributed by atoms with Gasteiger partial charge in [-0.1, -0.05) is 0 Å². The van der Waals surface area contributed by atoms with Crippen molar-refractivity contribution >= 4 is 17.3 Å². The molecule has 2 heterocycles. The quantitative estimate of drug-likeness (QED) is 0.656. The third-order valence-corrected chi connectivity index (χ3v) is 5.01. The van der Waals surface area contributed by atoms with Crippen molar-refractivity contribution in [1.29, 1.82) is 0 Å². The Morgan fingerprint density at radius 3 is 2.69 bits per heavy atom. The molecule has 5 nitrogen and oxygen atoms in total. The van der Waals surface area contributed by atoms with E-state index in [0.29, 0.717) is 22.9 Å². The fraction of sp³-hybridized carbons (Fsp3) is 0.263. The van der Waals surface area contributed by atoms with Crippen LogP contribution in [-0.2, 0) is 22.6 Å². The highest BCUT2D eigenvalue weighted by Crippen LogP contribution is 2.36. The number of ether oxygens (including phenoxy) is 1. The Kier molecular flexibility index (Phi) is 5.49. The van der Waals surface area contributed by atoms with Crippen molar-refractivity contribution < 1.29 is 23.4 Å². The fourth-order valence-electron chi connectivity index (χ4n) is 2.52. The van der Waals surface area contributed by atoms with Gasteiger partial charge in [-0.05, 0) is 49.7 Å². The number of hydrogen-bond acceptors (Lipinski definition) is 6. The van der Waals surface area contributed by atoms with Crippen LogP contribution in [0.5, 0.6) is 0 Å². The zero-order valence-electron chi connectivity index (χ0n) is 14.4. The minimum absolute atomic E-state index is 0.0285. The molecule has 0 radical (unpaired) electrons. The number of carbonyl (C=O) groups excluding carboxylic acids is 1. The standard InChI is InChI=1S/C19H18FNO4S/c1-3-24-17(23)9-14-18(15-8-11(2)16(10-22)26-15)25-19(21-14)12-4-6-13(20)7-5-12/h4-8,22H,3,9-10H2,1-2H3. The van der Waals surface area contributed by atoms with Crippen molar-refractivity contribution in [3.8, 4) is 22.1 Å². The molecule has 0 spiro atoms. The number of thiophene rings is 1. The Bertz CT molecular complexity index is 914. The highest BCUT2D eigenvalue weighted by atomic mass is 32.1. The van der Waals surface area contributed by atoms with E-state index >= 15 is 0 Å². The number of carbonyl (C=O) groups is 1. The minimum atomic E-state index is -0.400. The lowest BCUT2D eigenvalue weighted by molar-refractivity contribution is -0.142. The SMILES string of the molecule is CCOC(=O)Cc1nc(-c2ccc(F)cc2)oc1-c1cc(C)c(CO)s1. The molecule has 0 fully saturated rings. The van der Waals surface area contributed by atoms with E-state index < -0.39 is 5.97 Å². The first kappa shape index (κ1) is 18.3. The molecular weight excluding hydrogens is 357 g/mol. The maximum atomic E-state index is 13.2. The van der Waals surface area contributed by atoms with E-state index in [1.165, 1.54) is 23.5 Å². The van der Waals surface area contributed by atoms with Crippen LogP contribution in [0.2, 0.25) is 0 Å². The number of esters is 1. The van der Waals surface area contributed by atoms with Crippen LogP contribution in [0.3, 0.4) is 0 Å². The van der Waals surface area contributed by atoms with E-state index in [9.17, 15) is 14.3 Å². The summed E-state index contributed by atoms with van der Waals surface area (Å²) in [5.41, 5.74) is 2.00. The summed E-state index contributed by atoms with van der Waals surface area (Å²) in [6.45, 7) is 3.85. The molecule has 3 rings (SSSR count). The van der Waals surface area contributed by atoms with Gasteiger partial charge in [0.25, 0.3) is 0 Å². The molecule has 0 saturated heterocycles. The van der Waals surface area contributed by atoms with Gasteiger partial charge in [-0.25, -0.2) is 9.37 Å². The van der Waals surface area contributed by atoms with Gasteiger partial charge in [0.05, 0.1) is 30.2 Å². The number of nitrogens with zero attached hydrogens (tertiary/aromatic N) is 1. The van der Waals surface area contributed by atoms with Crippen molar-refractivity contribution in [3.63, 3.8) is 0 Å². The molecule has 0 aliphatic rings. The zero-order valence-corrected chi connectivity index (χ0v) is 15.2. The van der Waals surface area contributed by atoms with Gasteiger partial charge in [0.15, 0.2) is 5.76 Å². The second-order valence-electron chi connectivity index (χ2n) is 5.66. The van der Waals surface area contributed by atoms with Crippen LogP contribution in [0.25, 0.3) is 22.1 Å². The Balaban J connectivity index is 2.04. The van der Waals surface area contributed by atoms with Crippen LogP contribution in [-0.4, -0.2) is 22.7 Å². The van der Waals surface area contributed by atoms with E-state index in [2.05, 4.69) is 4.98 Å². The zero-order chi connectivity index (χ0) is 18.7. The van der Waals surface area contributed by atoms with Crippen LogP contribution in [0.1, 0.15) is 23.1 Å². The van der Waals surface area contributed by atoms with Crippen LogP contribution in [0.4, 0.5) is 4.39 Å². The van der Waals surface area contributed by atoms with E-state index in [-0.39, 0.29) is 25.5 Å². The van der Waals surface area contributed by atoms with Crippen LogP contribution in [0, 0.1) is 12.7 Å². The number of aliphatic hydroxyl groups excluding tert-OH is 1. The Labute approximate surface area is 154 Å². The first-order valence-corrected chi connectivity index (χ1v) is 8.95. The molecule has 2 aromatic heterocycles. The summed E-state index contributed by atoms with van der Waals surface area (Å²) in [6, 6.07) is 7.67. The first-order valence-electron chi connectivity index (χ1n) is 8.13. The minimum Gasteiger partial charge on any atom is -0.466 e. The molecule has 1 N–H and O–H groups in total. The van der Waals surface area contributed by atoms with Crippen molar-refractivity contribution in [3.05, 3.63) is 52.3 Å². The topological polar surface area (TPSA) is 72.6 Å². The van der Waals surface area contributed by atoms with Gasteiger partial charge in [0.1, 0.15) is 5.82 Å². The number of aliphatic hydroxyl groups is 1. The molecule has 0 bridgehead atoms. The maximum Gasteiger partial charge on any atom is 0.312 e. The molecule has 0 saturated carbocycles. The first-order chi connectivity index (χ1) is 12.5. The second-order valence-corrected chi connectivity index (χ2v) is 6.80.